The Morgan fingerprint density at radius 2 is 1.71 bits per heavy atom. The molecule has 1 fully saturated rings. The van der Waals surface area contributed by atoms with E-state index in [1.165, 1.54) is 12.0 Å². The highest BCUT2D eigenvalue weighted by molar-refractivity contribution is 5.35. The van der Waals surface area contributed by atoms with Crippen LogP contribution < -0.4 is 4.74 Å². The summed E-state index contributed by atoms with van der Waals surface area (Å²) in [7, 11) is 1.66. The van der Waals surface area contributed by atoms with Gasteiger partial charge in [0.25, 0.3) is 0 Å². The first-order chi connectivity index (χ1) is 10.2. The Kier molecular flexibility index (Phi) is 3.98. The van der Waals surface area contributed by atoms with Crippen molar-refractivity contribution in [2.75, 3.05) is 7.11 Å². The molecule has 2 unspecified atom stereocenters. The second-order valence-electron chi connectivity index (χ2n) is 5.86. The quantitative estimate of drug-likeness (QED) is 0.912. The summed E-state index contributed by atoms with van der Waals surface area (Å²) in [5, 5.41) is 11.4. The summed E-state index contributed by atoms with van der Waals surface area (Å²) in [5.41, 5.74) is 1.46. The highest BCUT2D eigenvalue weighted by atomic mass is 16.5. The van der Waals surface area contributed by atoms with E-state index in [1.807, 2.05) is 30.3 Å². The third-order valence-corrected chi connectivity index (χ3v) is 4.67. The van der Waals surface area contributed by atoms with Crippen molar-refractivity contribution in [1.29, 1.82) is 0 Å². The van der Waals surface area contributed by atoms with E-state index in [-0.39, 0.29) is 5.92 Å². The Labute approximate surface area is 126 Å². The van der Waals surface area contributed by atoms with Gasteiger partial charge in [0, 0.05) is 5.92 Å². The molecule has 3 rings (SSSR count). The van der Waals surface area contributed by atoms with Crippen LogP contribution >= 0.6 is 0 Å². The fourth-order valence-corrected chi connectivity index (χ4v) is 3.51. The van der Waals surface area contributed by atoms with Crippen molar-refractivity contribution in [3.05, 3.63) is 65.7 Å². The predicted molar refractivity (Wildman–Crippen MR) is 84.5 cm³/mol. The molecule has 0 aromatic heterocycles. The second kappa shape index (κ2) is 5.90. The fourth-order valence-electron chi connectivity index (χ4n) is 3.51. The standard InChI is InChI=1S/C19H22O2/c1-21-17-12-10-16(11-13-17)19(20)14-6-5-9-18(19)15-7-3-2-4-8-15/h2-4,7-8,10-13,18,20H,5-6,9,14H2,1H3. The third-order valence-electron chi connectivity index (χ3n) is 4.67. The summed E-state index contributed by atoms with van der Waals surface area (Å²) >= 11 is 0. The average molecular weight is 282 g/mol. The van der Waals surface area contributed by atoms with Crippen LogP contribution in [0.1, 0.15) is 42.7 Å². The zero-order valence-electron chi connectivity index (χ0n) is 12.5. The largest absolute Gasteiger partial charge is 0.497 e. The molecule has 1 aliphatic rings. The van der Waals surface area contributed by atoms with E-state index < -0.39 is 5.60 Å². The van der Waals surface area contributed by atoms with E-state index in [9.17, 15) is 5.11 Å². The van der Waals surface area contributed by atoms with Gasteiger partial charge in [-0.05, 0) is 36.1 Å². The van der Waals surface area contributed by atoms with E-state index in [0.717, 1.165) is 30.6 Å². The molecule has 0 spiro atoms. The van der Waals surface area contributed by atoms with Crippen LogP contribution in [-0.4, -0.2) is 12.2 Å². The fraction of sp³-hybridized carbons (Fsp3) is 0.368. The molecule has 0 amide bonds. The monoisotopic (exact) mass is 282 g/mol. The number of hydrogen-bond donors (Lipinski definition) is 1. The number of hydrogen-bond acceptors (Lipinski definition) is 2. The lowest BCUT2D eigenvalue weighted by molar-refractivity contribution is -0.0224. The van der Waals surface area contributed by atoms with Crippen molar-refractivity contribution in [2.45, 2.75) is 37.2 Å². The SMILES string of the molecule is COc1ccc(C2(O)CCCCC2c2ccccc2)cc1. The lowest BCUT2D eigenvalue weighted by Gasteiger charge is -2.41. The van der Waals surface area contributed by atoms with E-state index in [0.29, 0.717) is 0 Å². The molecular formula is C19H22O2. The summed E-state index contributed by atoms with van der Waals surface area (Å²) in [6.07, 6.45) is 4.11. The minimum atomic E-state index is -0.772. The zero-order valence-corrected chi connectivity index (χ0v) is 12.5. The zero-order chi connectivity index (χ0) is 14.7. The Morgan fingerprint density at radius 3 is 2.38 bits per heavy atom. The lowest BCUT2D eigenvalue weighted by Crippen LogP contribution is -2.36. The van der Waals surface area contributed by atoms with E-state index in [2.05, 4.69) is 24.3 Å². The van der Waals surface area contributed by atoms with Gasteiger partial charge in [-0.2, -0.15) is 0 Å². The maximum Gasteiger partial charge on any atom is 0.118 e. The van der Waals surface area contributed by atoms with E-state index >= 15 is 0 Å². The molecule has 1 aliphatic carbocycles. The first-order valence-corrected chi connectivity index (χ1v) is 7.66. The number of benzene rings is 2. The molecule has 2 aromatic rings. The lowest BCUT2D eigenvalue weighted by atomic mass is 9.69. The van der Waals surface area contributed by atoms with Crippen LogP contribution in [0, 0.1) is 0 Å². The number of ether oxygens (including phenoxy) is 1. The van der Waals surface area contributed by atoms with Crippen molar-refractivity contribution >= 4 is 0 Å². The van der Waals surface area contributed by atoms with Gasteiger partial charge in [-0.15, -0.1) is 0 Å². The molecule has 1 saturated carbocycles. The molecule has 0 bridgehead atoms. The van der Waals surface area contributed by atoms with E-state index in [4.69, 9.17) is 4.74 Å². The second-order valence-corrected chi connectivity index (χ2v) is 5.86. The summed E-state index contributed by atoms with van der Waals surface area (Å²) in [6.45, 7) is 0. The molecule has 21 heavy (non-hydrogen) atoms. The van der Waals surface area contributed by atoms with Crippen LogP contribution in [-0.2, 0) is 5.60 Å². The van der Waals surface area contributed by atoms with Crippen molar-refractivity contribution in [2.24, 2.45) is 0 Å². The number of methoxy groups -OCH3 is 1. The van der Waals surface area contributed by atoms with Crippen molar-refractivity contribution in [3.8, 4) is 5.75 Å². The van der Waals surface area contributed by atoms with E-state index in [1.54, 1.807) is 7.11 Å². The molecule has 2 nitrogen and oxygen atoms in total. The number of rotatable bonds is 3. The predicted octanol–water partition coefficient (Wildman–Crippen LogP) is 4.24. The molecule has 0 saturated heterocycles. The van der Waals surface area contributed by atoms with Crippen molar-refractivity contribution < 1.29 is 9.84 Å². The topological polar surface area (TPSA) is 29.5 Å². The Hall–Kier alpha value is -1.80. The van der Waals surface area contributed by atoms with Gasteiger partial charge >= 0.3 is 0 Å². The molecule has 1 N–H and O–H groups in total. The highest BCUT2D eigenvalue weighted by Crippen LogP contribution is 2.47. The number of aliphatic hydroxyl groups is 1. The van der Waals surface area contributed by atoms with Gasteiger partial charge < -0.3 is 9.84 Å². The van der Waals surface area contributed by atoms with Gasteiger partial charge in [-0.3, -0.25) is 0 Å². The molecular weight excluding hydrogens is 260 g/mol. The minimum absolute atomic E-state index is 0.167. The average Bonchev–Trinajstić information content (AvgIpc) is 2.56. The van der Waals surface area contributed by atoms with Crippen LogP contribution in [0.4, 0.5) is 0 Å². The maximum atomic E-state index is 11.4. The Morgan fingerprint density at radius 1 is 1.00 bits per heavy atom. The normalized spacial score (nSPS) is 25.5. The van der Waals surface area contributed by atoms with Gasteiger partial charge in [0.1, 0.15) is 5.75 Å². The van der Waals surface area contributed by atoms with Crippen LogP contribution in [0.5, 0.6) is 5.75 Å². The first-order valence-electron chi connectivity index (χ1n) is 7.66. The van der Waals surface area contributed by atoms with Crippen LogP contribution in [0.25, 0.3) is 0 Å². The van der Waals surface area contributed by atoms with Gasteiger partial charge in [0.05, 0.1) is 12.7 Å². The molecule has 2 heteroatoms. The highest BCUT2D eigenvalue weighted by Gasteiger charge is 2.41. The first kappa shape index (κ1) is 14.2. The molecule has 0 radical (unpaired) electrons. The van der Waals surface area contributed by atoms with Crippen molar-refractivity contribution in [1.82, 2.24) is 0 Å². The van der Waals surface area contributed by atoms with Gasteiger partial charge in [-0.25, -0.2) is 0 Å². The Balaban J connectivity index is 1.98. The van der Waals surface area contributed by atoms with Gasteiger partial charge in [0.2, 0.25) is 0 Å². The summed E-state index contributed by atoms with van der Waals surface area (Å²) < 4.78 is 5.22. The summed E-state index contributed by atoms with van der Waals surface area (Å²) in [5.74, 6) is 0.996. The molecule has 110 valence electrons. The summed E-state index contributed by atoms with van der Waals surface area (Å²) in [4.78, 5) is 0. The van der Waals surface area contributed by atoms with Gasteiger partial charge in [0.15, 0.2) is 0 Å². The van der Waals surface area contributed by atoms with Gasteiger partial charge in [-0.1, -0.05) is 55.3 Å². The Bertz CT molecular complexity index is 576. The van der Waals surface area contributed by atoms with Crippen LogP contribution in [0.2, 0.25) is 0 Å². The third kappa shape index (κ3) is 2.68. The molecule has 2 atom stereocenters. The summed E-state index contributed by atoms with van der Waals surface area (Å²) in [6, 6.07) is 18.3. The van der Waals surface area contributed by atoms with Crippen LogP contribution in [0.3, 0.4) is 0 Å². The molecule has 2 aromatic carbocycles. The minimum Gasteiger partial charge on any atom is -0.497 e. The molecule has 0 aliphatic heterocycles. The van der Waals surface area contributed by atoms with Crippen LogP contribution in [0.15, 0.2) is 54.6 Å². The maximum absolute atomic E-state index is 11.4. The van der Waals surface area contributed by atoms with Crippen molar-refractivity contribution in [3.63, 3.8) is 0 Å². The smallest absolute Gasteiger partial charge is 0.118 e. The molecule has 0 heterocycles.